The van der Waals surface area contributed by atoms with Crippen molar-refractivity contribution in [3.63, 3.8) is 0 Å². The van der Waals surface area contributed by atoms with Gasteiger partial charge in [0.25, 0.3) is 0 Å². The van der Waals surface area contributed by atoms with Crippen molar-refractivity contribution in [3.8, 4) is 5.75 Å². The van der Waals surface area contributed by atoms with Gasteiger partial charge < -0.3 is 4.74 Å². The fourth-order valence-corrected chi connectivity index (χ4v) is 1.55. The third-order valence-corrected chi connectivity index (χ3v) is 2.45. The summed E-state index contributed by atoms with van der Waals surface area (Å²) in [6.07, 6.45) is -2.09. The molecule has 5 heteroatoms. The second kappa shape index (κ2) is 5.89. The smallest absolute Gasteiger partial charge is 0.416 e. The lowest BCUT2D eigenvalue weighted by atomic mass is 10.0. The largest absolute Gasteiger partial charge is 0.426 e. The first-order valence-electron chi connectivity index (χ1n) is 5.73. The molecule has 0 amide bonds. The second-order valence-electron chi connectivity index (χ2n) is 4.02. The summed E-state index contributed by atoms with van der Waals surface area (Å²) in [5.74, 6) is -0.613. The number of carbonyl (C=O) groups is 1. The van der Waals surface area contributed by atoms with Crippen LogP contribution in [-0.2, 0) is 17.4 Å². The van der Waals surface area contributed by atoms with Gasteiger partial charge in [-0.1, -0.05) is 19.4 Å². The van der Waals surface area contributed by atoms with Gasteiger partial charge >= 0.3 is 12.1 Å². The van der Waals surface area contributed by atoms with Gasteiger partial charge in [0.05, 0.1) is 5.56 Å². The Bertz CT molecular complexity index is 425. The molecule has 0 bridgehead atoms. The minimum absolute atomic E-state index is 0.00535. The average Bonchev–Trinajstić information content (AvgIpc) is 2.25. The van der Waals surface area contributed by atoms with Gasteiger partial charge in [-0.05, 0) is 30.5 Å². The van der Waals surface area contributed by atoms with E-state index in [0.717, 1.165) is 25.0 Å². The molecule has 0 saturated heterocycles. The van der Waals surface area contributed by atoms with Gasteiger partial charge in [-0.3, -0.25) is 4.79 Å². The van der Waals surface area contributed by atoms with Crippen molar-refractivity contribution in [1.82, 2.24) is 0 Å². The predicted octanol–water partition coefficient (Wildman–Crippen LogP) is 3.97. The summed E-state index contributed by atoms with van der Waals surface area (Å²) in [4.78, 5) is 10.9. The zero-order chi connectivity index (χ0) is 13.8. The van der Waals surface area contributed by atoms with Gasteiger partial charge in [0.15, 0.2) is 0 Å². The predicted molar refractivity (Wildman–Crippen MR) is 61.4 cm³/mol. The molecule has 0 spiro atoms. The fourth-order valence-electron chi connectivity index (χ4n) is 1.55. The van der Waals surface area contributed by atoms with Crippen LogP contribution in [0.1, 0.15) is 37.8 Å². The van der Waals surface area contributed by atoms with Crippen molar-refractivity contribution in [1.29, 1.82) is 0 Å². The number of benzene rings is 1. The Kier molecular flexibility index (Phi) is 4.76. The molecule has 1 aromatic rings. The lowest BCUT2D eigenvalue weighted by molar-refractivity contribution is -0.138. The number of alkyl halides is 3. The van der Waals surface area contributed by atoms with E-state index >= 15 is 0 Å². The Morgan fingerprint density at radius 3 is 2.50 bits per heavy atom. The zero-order valence-corrected chi connectivity index (χ0v) is 10.3. The van der Waals surface area contributed by atoms with E-state index in [0.29, 0.717) is 12.0 Å². The molecule has 100 valence electrons. The van der Waals surface area contributed by atoms with E-state index in [1.807, 2.05) is 6.92 Å². The van der Waals surface area contributed by atoms with E-state index in [4.69, 9.17) is 4.74 Å². The highest BCUT2D eigenvalue weighted by Crippen LogP contribution is 2.33. The summed E-state index contributed by atoms with van der Waals surface area (Å²) in [7, 11) is 0. The lowest BCUT2D eigenvalue weighted by Crippen LogP contribution is -2.09. The van der Waals surface area contributed by atoms with Crippen molar-refractivity contribution in [2.75, 3.05) is 0 Å². The van der Waals surface area contributed by atoms with Gasteiger partial charge in [-0.15, -0.1) is 0 Å². The van der Waals surface area contributed by atoms with E-state index in [1.165, 1.54) is 13.0 Å². The molecular weight excluding hydrogens is 245 g/mol. The first-order chi connectivity index (χ1) is 8.34. The topological polar surface area (TPSA) is 26.3 Å². The summed E-state index contributed by atoms with van der Waals surface area (Å²) in [5.41, 5.74) is -0.181. The molecule has 0 atom stereocenters. The summed E-state index contributed by atoms with van der Waals surface area (Å²) in [6.45, 7) is 3.15. The fraction of sp³-hybridized carbons (Fsp3) is 0.462. The van der Waals surface area contributed by atoms with E-state index in [-0.39, 0.29) is 5.75 Å². The molecule has 0 aromatic heterocycles. The van der Waals surface area contributed by atoms with Gasteiger partial charge in [-0.2, -0.15) is 13.2 Å². The van der Waals surface area contributed by atoms with Crippen molar-refractivity contribution in [2.45, 2.75) is 39.3 Å². The van der Waals surface area contributed by atoms with Crippen LogP contribution in [0, 0.1) is 0 Å². The van der Waals surface area contributed by atoms with Crippen LogP contribution in [0.15, 0.2) is 18.2 Å². The highest BCUT2D eigenvalue weighted by atomic mass is 19.4. The quantitative estimate of drug-likeness (QED) is 0.604. The van der Waals surface area contributed by atoms with Crippen LogP contribution in [0.2, 0.25) is 0 Å². The van der Waals surface area contributed by atoms with Gasteiger partial charge in [-0.25, -0.2) is 0 Å². The molecule has 0 unspecified atom stereocenters. The summed E-state index contributed by atoms with van der Waals surface area (Å²) < 4.78 is 42.5. The first kappa shape index (κ1) is 14.5. The van der Waals surface area contributed by atoms with Gasteiger partial charge in [0.2, 0.25) is 0 Å². The number of halogens is 3. The minimum atomic E-state index is -4.43. The molecule has 2 nitrogen and oxygen atoms in total. The van der Waals surface area contributed by atoms with E-state index < -0.39 is 17.7 Å². The number of aryl methyl sites for hydroxylation is 1. The van der Waals surface area contributed by atoms with Crippen LogP contribution >= 0.6 is 0 Å². The second-order valence-corrected chi connectivity index (χ2v) is 4.02. The Morgan fingerprint density at radius 2 is 2.00 bits per heavy atom. The molecule has 0 saturated carbocycles. The number of ether oxygens (including phenoxy) is 1. The Balaban J connectivity index is 3.07. The van der Waals surface area contributed by atoms with Crippen molar-refractivity contribution >= 4 is 5.97 Å². The van der Waals surface area contributed by atoms with Gasteiger partial charge in [0, 0.05) is 6.92 Å². The van der Waals surface area contributed by atoms with E-state index in [9.17, 15) is 18.0 Å². The molecule has 18 heavy (non-hydrogen) atoms. The molecule has 0 aliphatic carbocycles. The normalized spacial score (nSPS) is 11.4. The molecule has 1 aromatic carbocycles. The van der Waals surface area contributed by atoms with E-state index in [1.54, 1.807) is 0 Å². The number of hydrogen-bond donors (Lipinski definition) is 0. The highest BCUT2D eigenvalue weighted by molar-refractivity contribution is 5.70. The Morgan fingerprint density at radius 1 is 1.33 bits per heavy atom. The van der Waals surface area contributed by atoms with Crippen molar-refractivity contribution < 1.29 is 22.7 Å². The highest BCUT2D eigenvalue weighted by Gasteiger charge is 2.31. The SMILES string of the molecule is CCCCc1ccc(C(F)(F)F)cc1OC(C)=O. The monoisotopic (exact) mass is 260 g/mol. The molecule has 1 rings (SSSR count). The minimum Gasteiger partial charge on any atom is -0.426 e. The zero-order valence-electron chi connectivity index (χ0n) is 10.3. The molecule has 0 aliphatic heterocycles. The Labute approximate surface area is 104 Å². The number of rotatable bonds is 4. The number of hydrogen-bond acceptors (Lipinski definition) is 2. The van der Waals surface area contributed by atoms with Crippen LogP contribution in [0.25, 0.3) is 0 Å². The molecular formula is C13H15F3O2. The van der Waals surface area contributed by atoms with E-state index in [2.05, 4.69) is 0 Å². The molecule has 0 N–H and O–H groups in total. The summed E-state index contributed by atoms with van der Waals surface area (Å²) in [5, 5.41) is 0. The Hall–Kier alpha value is -1.52. The van der Waals surface area contributed by atoms with Crippen molar-refractivity contribution in [2.24, 2.45) is 0 Å². The maximum Gasteiger partial charge on any atom is 0.416 e. The van der Waals surface area contributed by atoms with Crippen LogP contribution in [0.3, 0.4) is 0 Å². The lowest BCUT2D eigenvalue weighted by Gasteiger charge is -2.12. The first-order valence-corrected chi connectivity index (χ1v) is 5.73. The summed E-state index contributed by atoms with van der Waals surface area (Å²) in [6, 6.07) is 3.27. The summed E-state index contributed by atoms with van der Waals surface area (Å²) >= 11 is 0. The molecule has 0 fully saturated rings. The van der Waals surface area contributed by atoms with Gasteiger partial charge in [0.1, 0.15) is 5.75 Å². The third kappa shape index (κ3) is 4.05. The van der Waals surface area contributed by atoms with Crippen LogP contribution in [0.4, 0.5) is 13.2 Å². The average molecular weight is 260 g/mol. The number of unbranched alkanes of at least 4 members (excludes halogenated alkanes) is 1. The maximum absolute atomic E-state index is 12.5. The maximum atomic E-state index is 12.5. The standard InChI is InChI=1S/C13H15F3O2/c1-3-4-5-10-6-7-11(13(14,15)16)8-12(10)18-9(2)17/h6-8H,3-5H2,1-2H3. The number of esters is 1. The molecule has 0 heterocycles. The molecule has 0 aliphatic rings. The van der Waals surface area contributed by atoms with Crippen LogP contribution < -0.4 is 4.74 Å². The molecule has 0 radical (unpaired) electrons. The third-order valence-electron chi connectivity index (χ3n) is 2.45. The number of carbonyl (C=O) groups excluding carboxylic acids is 1. The van der Waals surface area contributed by atoms with Crippen LogP contribution in [-0.4, -0.2) is 5.97 Å². The van der Waals surface area contributed by atoms with Crippen molar-refractivity contribution in [3.05, 3.63) is 29.3 Å². The van der Waals surface area contributed by atoms with Crippen LogP contribution in [0.5, 0.6) is 5.75 Å².